The molecule has 6 rings (SSSR count). The maximum atomic E-state index is 12.8. The van der Waals surface area contributed by atoms with E-state index in [9.17, 15) is 14.7 Å². The molecule has 5 heteroatoms. The number of rotatable bonds is 4. The van der Waals surface area contributed by atoms with Gasteiger partial charge >= 0.3 is 0 Å². The Balaban J connectivity index is 1.28. The van der Waals surface area contributed by atoms with Crippen LogP contribution in [0.2, 0.25) is 0 Å². The van der Waals surface area contributed by atoms with E-state index in [-0.39, 0.29) is 17.7 Å². The summed E-state index contributed by atoms with van der Waals surface area (Å²) in [4.78, 5) is 29.4. The Morgan fingerprint density at radius 1 is 0.964 bits per heavy atom. The first-order valence-corrected chi connectivity index (χ1v) is 10.1. The number of nitrogens with one attached hydrogen (secondary N) is 1. The number of hydrogen-bond donors (Lipinski definition) is 2. The molecule has 1 aromatic heterocycles. The van der Waals surface area contributed by atoms with Crippen LogP contribution in [0.3, 0.4) is 0 Å². The van der Waals surface area contributed by atoms with E-state index in [1.807, 2.05) is 18.2 Å². The highest BCUT2D eigenvalue weighted by molar-refractivity contribution is 6.08. The molecule has 1 heterocycles. The van der Waals surface area contributed by atoms with Crippen LogP contribution in [0.5, 0.6) is 0 Å². The molecule has 4 fully saturated rings. The summed E-state index contributed by atoms with van der Waals surface area (Å²) < 4.78 is 0. The second-order valence-electron chi connectivity index (χ2n) is 8.82. The van der Waals surface area contributed by atoms with E-state index in [1.165, 1.54) is 6.20 Å². The summed E-state index contributed by atoms with van der Waals surface area (Å²) in [6.07, 6.45) is 6.22. The van der Waals surface area contributed by atoms with E-state index in [0.717, 1.165) is 32.1 Å². The number of aromatic nitrogens is 1. The summed E-state index contributed by atoms with van der Waals surface area (Å²) in [5.74, 6) is 1.05. The highest BCUT2D eigenvalue weighted by Gasteiger charge is 2.55. The molecule has 1 aromatic carbocycles. The summed E-state index contributed by atoms with van der Waals surface area (Å²) in [7, 11) is 0. The fraction of sp³-hybridized carbons (Fsp3) is 0.435. The van der Waals surface area contributed by atoms with Crippen molar-refractivity contribution < 1.29 is 14.7 Å². The molecular weight excluding hydrogens is 352 g/mol. The Labute approximate surface area is 164 Å². The molecule has 4 aliphatic carbocycles. The molecule has 4 saturated carbocycles. The second kappa shape index (κ2) is 6.52. The Bertz CT molecular complexity index is 893. The maximum Gasteiger partial charge on any atom is 0.253 e. The van der Waals surface area contributed by atoms with Gasteiger partial charge in [0.15, 0.2) is 0 Å². The maximum absolute atomic E-state index is 12.8. The van der Waals surface area contributed by atoms with Crippen LogP contribution in [0.25, 0.3) is 0 Å². The standard InChI is InChI=1S/C23H24N2O3/c26-21(15-4-2-1-3-5-15)19-7-6-16(13-24-19)22(27)25-20-17-8-14-9-18(20)12-23(28,10-14)11-17/h1-7,13-14,17-18,20,28H,8-12H2,(H,25,27)/t14?,17?,18?,20-,23-. The van der Waals surface area contributed by atoms with Crippen molar-refractivity contribution in [3.05, 3.63) is 65.5 Å². The van der Waals surface area contributed by atoms with Gasteiger partial charge in [-0.25, -0.2) is 0 Å². The molecule has 28 heavy (non-hydrogen) atoms. The van der Waals surface area contributed by atoms with Crippen molar-refractivity contribution in [2.24, 2.45) is 17.8 Å². The highest BCUT2D eigenvalue weighted by atomic mass is 16.3. The topological polar surface area (TPSA) is 79.3 Å². The minimum Gasteiger partial charge on any atom is -0.390 e. The number of benzene rings is 1. The molecule has 2 N–H and O–H groups in total. The second-order valence-corrected chi connectivity index (χ2v) is 8.82. The van der Waals surface area contributed by atoms with Crippen molar-refractivity contribution in [1.29, 1.82) is 0 Å². The van der Waals surface area contributed by atoms with Crippen molar-refractivity contribution in [3.8, 4) is 0 Å². The molecule has 4 aliphatic rings. The number of carbonyl (C=O) groups excluding carboxylic acids is 2. The van der Waals surface area contributed by atoms with Crippen LogP contribution in [0.1, 0.15) is 58.5 Å². The molecule has 0 aliphatic heterocycles. The molecule has 4 bridgehead atoms. The number of hydrogen-bond acceptors (Lipinski definition) is 4. The molecule has 0 saturated heterocycles. The summed E-state index contributed by atoms with van der Waals surface area (Å²) in [6.45, 7) is 0. The van der Waals surface area contributed by atoms with E-state index >= 15 is 0 Å². The van der Waals surface area contributed by atoms with E-state index in [4.69, 9.17) is 0 Å². The largest absolute Gasteiger partial charge is 0.390 e. The van der Waals surface area contributed by atoms with Gasteiger partial charge in [-0.1, -0.05) is 30.3 Å². The van der Waals surface area contributed by atoms with Gasteiger partial charge in [0.25, 0.3) is 5.91 Å². The van der Waals surface area contributed by atoms with Gasteiger partial charge in [0.2, 0.25) is 5.78 Å². The average molecular weight is 376 g/mol. The lowest BCUT2D eigenvalue weighted by Gasteiger charge is -2.58. The van der Waals surface area contributed by atoms with Crippen LogP contribution < -0.4 is 5.32 Å². The van der Waals surface area contributed by atoms with Crippen LogP contribution in [-0.2, 0) is 0 Å². The lowest BCUT2D eigenvalue weighted by Crippen LogP contribution is -2.61. The third kappa shape index (κ3) is 3.04. The van der Waals surface area contributed by atoms with Crippen LogP contribution in [-0.4, -0.2) is 33.4 Å². The fourth-order valence-electron chi connectivity index (χ4n) is 5.85. The van der Waals surface area contributed by atoms with Crippen LogP contribution >= 0.6 is 0 Å². The zero-order valence-electron chi connectivity index (χ0n) is 15.7. The number of aliphatic hydroxyl groups is 1. The first kappa shape index (κ1) is 17.6. The predicted molar refractivity (Wildman–Crippen MR) is 104 cm³/mol. The molecule has 5 nitrogen and oxygen atoms in total. The van der Waals surface area contributed by atoms with Crippen molar-refractivity contribution >= 4 is 11.7 Å². The van der Waals surface area contributed by atoms with Gasteiger partial charge in [-0.3, -0.25) is 14.6 Å². The Kier molecular flexibility index (Phi) is 4.09. The Morgan fingerprint density at radius 3 is 2.29 bits per heavy atom. The quantitative estimate of drug-likeness (QED) is 0.804. The van der Waals surface area contributed by atoms with Crippen LogP contribution in [0, 0.1) is 17.8 Å². The Hall–Kier alpha value is -2.53. The van der Waals surface area contributed by atoms with Crippen molar-refractivity contribution in [1.82, 2.24) is 10.3 Å². The van der Waals surface area contributed by atoms with Gasteiger partial charge in [0, 0.05) is 17.8 Å². The number of nitrogens with zero attached hydrogens (tertiary/aromatic N) is 1. The van der Waals surface area contributed by atoms with E-state index in [0.29, 0.717) is 34.6 Å². The smallest absolute Gasteiger partial charge is 0.253 e. The van der Waals surface area contributed by atoms with Crippen molar-refractivity contribution in [3.63, 3.8) is 0 Å². The minimum absolute atomic E-state index is 0.134. The third-order valence-corrected chi connectivity index (χ3v) is 6.83. The SMILES string of the molecule is O=C(N[C@H]1C2CC3CC1C[C@](O)(C3)C2)c1ccc(C(=O)c2ccccc2)nc1. The molecule has 0 radical (unpaired) electrons. The van der Waals surface area contributed by atoms with Crippen LogP contribution in [0.15, 0.2) is 48.7 Å². The Morgan fingerprint density at radius 2 is 1.68 bits per heavy atom. The number of ketones is 1. The molecule has 2 aromatic rings. The van der Waals surface area contributed by atoms with Crippen LogP contribution in [0.4, 0.5) is 0 Å². The monoisotopic (exact) mass is 376 g/mol. The van der Waals surface area contributed by atoms with E-state index in [1.54, 1.807) is 24.3 Å². The molecular formula is C23H24N2O3. The summed E-state index contributed by atoms with van der Waals surface area (Å²) in [5.41, 5.74) is 0.883. The summed E-state index contributed by atoms with van der Waals surface area (Å²) in [5, 5.41) is 13.9. The first-order valence-electron chi connectivity index (χ1n) is 10.1. The lowest BCUT2D eigenvalue weighted by molar-refractivity contribution is -0.136. The van der Waals surface area contributed by atoms with E-state index in [2.05, 4.69) is 10.3 Å². The molecule has 144 valence electrons. The van der Waals surface area contributed by atoms with Gasteiger partial charge in [-0.15, -0.1) is 0 Å². The van der Waals surface area contributed by atoms with Crippen molar-refractivity contribution in [2.75, 3.05) is 0 Å². The highest BCUT2D eigenvalue weighted by Crippen LogP contribution is 2.55. The van der Waals surface area contributed by atoms with Gasteiger partial charge in [0.05, 0.1) is 11.2 Å². The van der Waals surface area contributed by atoms with Gasteiger partial charge in [-0.05, 0) is 62.0 Å². The summed E-state index contributed by atoms with van der Waals surface area (Å²) >= 11 is 0. The van der Waals surface area contributed by atoms with Gasteiger partial charge in [-0.2, -0.15) is 0 Å². The lowest BCUT2D eigenvalue weighted by atomic mass is 9.52. The molecule has 0 spiro atoms. The zero-order chi connectivity index (χ0) is 19.3. The first-order chi connectivity index (χ1) is 13.5. The third-order valence-electron chi connectivity index (χ3n) is 6.83. The molecule has 2 unspecified atom stereocenters. The predicted octanol–water partition coefficient (Wildman–Crippen LogP) is 2.98. The number of carbonyl (C=O) groups is 2. The summed E-state index contributed by atoms with van der Waals surface area (Å²) in [6, 6.07) is 12.4. The molecule has 1 amide bonds. The minimum atomic E-state index is -0.501. The molecule has 2 atom stereocenters. The van der Waals surface area contributed by atoms with Gasteiger partial charge < -0.3 is 10.4 Å². The average Bonchev–Trinajstić information content (AvgIpc) is 2.69. The van der Waals surface area contributed by atoms with E-state index < -0.39 is 5.60 Å². The number of pyridine rings is 1. The van der Waals surface area contributed by atoms with Crippen molar-refractivity contribution in [2.45, 2.75) is 43.7 Å². The zero-order valence-corrected chi connectivity index (χ0v) is 15.7. The normalized spacial score (nSPS) is 32.9. The fourth-order valence-corrected chi connectivity index (χ4v) is 5.85. The number of amides is 1. The van der Waals surface area contributed by atoms with Gasteiger partial charge in [0.1, 0.15) is 5.69 Å².